The van der Waals surface area contributed by atoms with Gasteiger partial charge in [-0.3, -0.25) is 9.59 Å². The molecule has 9 heteroatoms. The third-order valence-electron chi connectivity index (χ3n) is 14.2. The van der Waals surface area contributed by atoms with Crippen LogP contribution in [-0.4, -0.2) is 73.5 Å². The maximum absolute atomic E-state index is 15.0. The lowest BCUT2D eigenvalue weighted by molar-refractivity contribution is -0.227. The molecule has 1 saturated heterocycles. The maximum atomic E-state index is 15.0. The molecule has 0 radical (unpaired) electrons. The van der Waals surface area contributed by atoms with Crippen molar-refractivity contribution in [1.29, 1.82) is 0 Å². The number of nitrogens with one attached hydrogen (secondary N) is 1. The zero-order valence-corrected chi connectivity index (χ0v) is 38.2. The van der Waals surface area contributed by atoms with Crippen LogP contribution in [0.5, 0.6) is 0 Å². The molecule has 0 spiro atoms. The number of hydrogen-bond donors (Lipinski definition) is 1. The van der Waals surface area contributed by atoms with Crippen molar-refractivity contribution in [2.24, 2.45) is 23.2 Å². The third-order valence-corrected chi connectivity index (χ3v) is 14.2. The fourth-order valence-corrected chi connectivity index (χ4v) is 11.6. The number of unbranched alkanes of at least 4 members (excludes halogenated alkanes) is 2. The topological polar surface area (TPSA) is 95.6 Å². The largest absolute Gasteiger partial charge is 0.381 e. The average Bonchev–Trinajstić information content (AvgIpc) is 3.33. The predicted octanol–water partition coefficient (Wildman–Crippen LogP) is 10.0. The molecule has 346 valence electrons. The van der Waals surface area contributed by atoms with Crippen LogP contribution in [0.3, 0.4) is 0 Å². The average molecular weight is 883 g/mol. The molecule has 2 amide bonds. The van der Waals surface area contributed by atoms with Gasteiger partial charge in [0.05, 0.1) is 45.7 Å². The Bertz CT molecular complexity index is 2010. The van der Waals surface area contributed by atoms with Crippen molar-refractivity contribution in [2.45, 2.75) is 127 Å². The van der Waals surface area contributed by atoms with E-state index in [0.717, 1.165) is 72.5 Å². The van der Waals surface area contributed by atoms with Crippen molar-refractivity contribution in [3.63, 3.8) is 0 Å². The minimum absolute atomic E-state index is 0.109. The smallest absolute Gasteiger partial charge is 0.245 e. The number of ether oxygens (including phenoxy) is 5. The molecule has 65 heavy (non-hydrogen) atoms. The van der Waals surface area contributed by atoms with Crippen molar-refractivity contribution in [1.82, 2.24) is 10.2 Å². The van der Waals surface area contributed by atoms with E-state index in [1.54, 1.807) is 11.0 Å². The SMILES string of the molecule is C=CCCC(=O)N1[C@H](COCc2ccccc2)[C@@H](OCc2ccccc2)[C@H](OCc2ccccc2)[C@@H](OCc2ccccc2)[C@H]1C(=O)NCCCCCOCC12CC3CC(CC(C3)C1)C2. The molecule has 0 unspecified atom stereocenters. The predicted molar refractivity (Wildman–Crippen MR) is 253 cm³/mol. The number of likely N-dealkylation sites (tertiary alicyclic amines) is 1. The zero-order valence-electron chi connectivity index (χ0n) is 38.2. The molecule has 4 aromatic carbocycles. The van der Waals surface area contributed by atoms with Gasteiger partial charge in [-0.05, 0) is 110 Å². The molecular weight excluding hydrogens is 813 g/mol. The molecule has 4 saturated carbocycles. The number of carbonyl (C=O) groups is 2. The molecule has 0 aromatic heterocycles. The van der Waals surface area contributed by atoms with Gasteiger partial charge in [-0.2, -0.15) is 0 Å². The number of hydrogen-bond acceptors (Lipinski definition) is 7. The van der Waals surface area contributed by atoms with E-state index in [4.69, 9.17) is 23.7 Å². The number of piperidine rings is 1. The Morgan fingerprint density at radius 3 is 1.63 bits per heavy atom. The monoisotopic (exact) mass is 883 g/mol. The Kier molecular flexibility index (Phi) is 17.1. The van der Waals surface area contributed by atoms with E-state index in [0.29, 0.717) is 25.0 Å². The second kappa shape index (κ2) is 23.7. The minimum Gasteiger partial charge on any atom is -0.381 e. The summed E-state index contributed by atoms with van der Waals surface area (Å²) in [5, 5.41) is 3.26. The van der Waals surface area contributed by atoms with Gasteiger partial charge in [0.1, 0.15) is 24.4 Å². The summed E-state index contributed by atoms with van der Waals surface area (Å²) in [6, 6.07) is 38.1. The van der Waals surface area contributed by atoms with Gasteiger partial charge in [-0.1, -0.05) is 127 Å². The molecule has 1 N–H and O–H groups in total. The van der Waals surface area contributed by atoms with Crippen LogP contribution < -0.4 is 5.32 Å². The highest BCUT2D eigenvalue weighted by Crippen LogP contribution is 2.60. The molecule has 9 nitrogen and oxygen atoms in total. The first-order chi connectivity index (χ1) is 32.0. The molecule has 1 heterocycles. The lowest BCUT2D eigenvalue weighted by atomic mass is 9.50. The van der Waals surface area contributed by atoms with Crippen LogP contribution in [0.15, 0.2) is 134 Å². The standard InChI is InChI=1S/C56H70N2O7/c1-2-3-27-50(59)58-49(40-62-36-42-19-9-4-10-20-42)52(63-37-43-21-11-5-12-22-43)54(65-39-45-25-15-7-16-26-45)53(64-38-44-23-13-6-14-24-44)51(58)55(60)57-28-17-8-18-29-61-41-56-33-46-30-47(34-56)32-48(31-46)35-56/h2,4-7,9-16,19-26,46-49,51-54H,1,3,8,17-18,27-41H2,(H,57,60)/t46?,47?,48?,49-,51+,52-,53+,54+,56?/m1/s1. The second-order valence-corrected chi connectivity index (χ2v) is 19.2. The van der Waals surface area contributed by atoms with E-state index in [2.05, 4.69) is 11.9 Å². The van der Waals surface area contributed by atoms with E-state index in [1.165, 1.54) is 38.5 Å². The van der Waals surface area contributed by atoms with Crippen LogP contribution in [-0.2, 0) is 59.7 Å². The Hall–Kier alpha value is -4.64. The van der Waals surface area contributed by atoms with Gasteiger partial charge in [0.25, 0.3) is 0 Å². The number of benzene rings is 4. The lowest BCUT2D eigenvalue weighted by Crippen LogP contribution is -2.73. The molecule has 5 aliphatic rings. The Labute approximate surface area is 387 Å². The number of carbonyl (C=O) groups excluding carboxylic acids is 2. The first-order valence-electron chi connectivity index (χ1n) is 24.3. The summed E-state index contributed by atoms with van der Waals surface area (Å²) in [6.07, 6.45) is 11.0. The van der Waals surface area contributed by atoms with Crippen LogP contribution in [0.4, 0.5) is 0 Å². The Morgan fingerprint density at radius 1 is 0.615 bits per heavy atom. The highest BCUT2D eigenvalue weighted by molar-refractivity contribution is 5.89. The molecular formula is C56H70N2O7. The summed E-state index contributed by atoms with van der Waals surface area (Å²) in [5.41, 5.74) is 4.31. The summed E-state index contributed by atoms with van der Waals surface area (Å²) < 4.78 is 33.7. The summed E-state index contributed by atoms with van der Waals surface area (Å²) in [4.78, 5) is 31.5. The number of amides is 2. The van der Waals surface area contributed by atoms with Crippen molar-refractivity contribution in [3.05, 3.63) is 156 Å². The molecule has 4 aromatic rings. The summed E-state index contributed by atoms with van der Waals surface area (Å²) in [5.74, 6) is 2.28. The summed E-state index contributed by atoms with van der Waals surface area (Å²) in [6.45, 7) is 7.18. The molecule has 5 atom stereocenters. The van der Waals surface area contributed by atoms with Crippen molar-refractivity contribution < 1.29 is 33.3 Å². The highest BCUT2D eigenvalue weighted by atomic mass is 16.6. The van der Waals surface area contributed by atoms with Crippen LogP contribution in [0, 0.1) is 23.2 Å². The fraction of sp³-hybridized carbons (Fsp3) is 0.500. The molecule has 9 rings (SSSR count). The van der Waals surface area contributed by atoms with E-state index < -0.39 is 30.4 Å². The minimum atomic E-state index is -1.04. The van der Waals surface area contributed by atoms with Gasteiger partial charge < -0.3 is 33.9 Å². The first-order valence-corrected chi connectivity index (χ1v) is 24.3. The van der Waals surface area contributed by atoms with Crippen LogP contribution >= 0.6 is 0 Å². The molecule has 1 aliphatic heterocycles. The number of allylic oxidation sites excluding steroid dienone is 1. The normalized spacial score (nSPS) is 26.8. The molecule has 5 fully saturated rings. The van der Waals surface area contributed by atoms with Crippen LogP contribution in [0.25, 0.3) is 0 Å². The van der Waals surface area contributed by atoms with Crippen LogP contribution in [0.1, 0.15) is 92.9 Å². The van der Waals surface area contributed by atoms with E-state index in [-0.39, 0.29) is 44.7 Å². The van der Waals surface area contributed by atoms with Gasteiger partial charge in [-0.25, -0.2) is 0 Å². The second-order valence-electron chi connectivity index (χ2n) is 19.2. The van der Waals surface area contributed by atoms with Crippen molar-refractivity contribution >= 4 is 11.8 Å². The van der Waals surface area contributed by atoms with Gasteiger partial charge in [0.2, 0.25) is 11.8 Å². The zero-order chi connectivity index (χ0) is 44.7. The van der Waals surface area contributed by atoms with E-state index >= 15 is 4.79 Å². The number of nitrogens with zero attached hydrogens (tertiary/aromatic N) is 1. The van der Waals surface area contributed by atoms with Crippen molar-refractivity contribution in [2.75, 3.05) is 26.4 Å². The van der Waals surface area contributed by atoms with Gasteiger partial charge in [-0.15, -0.1) is 6.58 Å². The Balaban J connectivity index is 1.03. The highest BCUT2D eigenvalue weighted by Gasteiger charge is 2.56. The third kappa shape index (κ3) is 12.8. The summed E-state index contributed by atoms with van der Waals surface area (Å²) >= 11 is 0. The quantitative estimate of drug-likeness (QED) is 0.0523. The van der Waals surface area contributed by atoms with E-state index in [1.807, 2.05) is 121 Å². The van der Waals surface area contributed by atoms with Gasteiger partial charge in [0.15, 0.2) is 0 Å². The van der Waals surface area contributed by atoms with Gasteiger partial charge >= 0.3 is 0 Å². The van der Waals surface area contributed by atoms with Gasteiger partial charge in [0, 0.05) is 19.6 Å². The molecule has 4 aliphatic carbocycles. The van der Waals surface area contributed by atoms with E-state index in [9.17, 15) is 4.79 Å². The van der Waals surface area contributed by atoms with Crippen LogP contribution in [0.2, 0.25) is 0 Å². The first kappa shape index (κ1) is 46.9. The maximum Gasteiger partial charge on any atom is 0.245 e. The summed E-state index contributed by atoms with van der Waals surface area (Å²) in [7, 11) is 0. The number of rotatable bonds is 25. The molecule has 4 bridgehead atoms. The lowest BCUT2D eigenvalue weighted by Gasteiger charge is -2.56. The Morgan fingerprint density at radius 2 is 1.11 bits per heavy atom. The fourth-order valence-electron chi connectivity index (χ4n) is 11.6. The van der Waals surface area contributed by atoms with Crippen molar-refractivity contribution in [3.8, 4) is 0 Å².